The molecule has 3 atom stereocenters. The van der Waals surface area contributed by atoms with Crippen LogP contribution < -0.4 is 0 Å². The molecule has 0 radical (unpaired) electrons. The third-order valence-corrected chi connectivity index (χ3v) is 3.13. The summed E-state index contributed by atoms with van der Waals surface area (Å²) in [6.45, 7) is 6.26. The molecule has 1 fully saturated rings. The maximum absolute atomic E-state index is 11.4. The number of ether oxygens (including phenoxy) is 1. The van der Waals surface area contributed by atoms with E-state index in [1.54, 1.807) is 0 Å². The van der Waals surface area contributed by atoms with Crippen LogP contribution in [0.5, 0.6) is 0 Å². The second-order valence-electron chi connectivity index (χ2n) is 4.39. The van der Waals surface area contributed by atoms with Gasteiger partial charge in [-0.3, -0.25) is 9.69 Å². The van der Waals surface area contributed by atoms with E-state index in [0.717, 1.165) is 13.0 Å². The molecule has 1 aliphatic heterocycles. The Morgan fingerprint density at radius 1 is 1.60 bits per heavy atom. The second kappa shape index (κ2) is 5.47. The van der Waals surface area contributed by atoms with Gasteiger partial charge in [0.05, 0.1) is 19.1 Å². The van der Waals surface area contributed by atoms with Gasteiger partial charge in [-0.15, -0.1) is 0 Å². The minimum Gasteiger partial charge on any atom is -0.469 e. The van der Waals surface area contributed by atoms with E-state index in [2.05, 4.69) is 11.8 Å². The number of rotatable bonds is 4. The van der Waals surface area contributed by atoms with Crippen LogP contribution in [0.2, 0.25) is 0 Å². The third-order valence-electron chi connectivity index (χ3n) is 3.13. The Labute approximate surface area is 91.2 Å². The number of hydrogen-bond acceptors (Lipinski definition) is 4. The first-order valence-corrected chi connectivity index (χ1v) is 5.56. The van der Waals surface area contributed by atoms with Crippen molar-refractivity contribution in [2.45, 2.75) is 26.4 Å². The van der Waals surface area contributed by atoms with E-state index in [1.165, 1.54) is 7.11 Å². The lowest BCUT2D eigenvalue weighted by molar-refractivity contribution is -0.146. The number of nitrogens with zero attached hydrogens (tertiary/aromatic N) is 1. The summed E-state index contributed by atoms with van der Waals surface area (Å²) < 4.78 is 4.76. The van der Waals surface area contributed by atoms with E-state index in [1.807, 2.05) is 6.92 Å². The van der Waals surface area contributed by atoms with Crippen LogP contribution in [-0.4, -0.2) is 48.8 Å². The first kappa shape index (κ1) is 12.5. The number of carbonyl (C=O) groups is 1. The molecule has 0 bridgehead atoms. The number of methoxy groups -OCH3 is 1. The molecule has 1 rings (SSSR count). The number of β-amino-alcohol motifs (C(OH)–C–C–N with tert-alkyl or cyclic N) is 1. The van der Waals surface area contributed by atoms with Gasteiger partial charge in [0.15, 0.2) is 0 Å². The van der Waals surface area contributed by atoms with Gasteiger partial charge in [-0.2, -0.15) is 0 Å². The fourth-order valence-electron chi connectivity index (χ4n) is 2.10. The SMILES string of the molecule is CCC(O)CN1CC(C)C(C(=O)OC)C1. The van der Waals surface area contributed by atoms with Gasteiger partial charge in [-0.25, -0.2) is 0 Å². The number of hydrogen-bond donors (Lipinski definition) is 1. The summed E-state index contributed by atoms with van der Waals surface area (Å²) in [5, 5.41) is 9.53. The Bertz CT molecular complexity index is 220. The van der Waals surface area contributed by atoms with Crippen LogP contribution in [0.25, 0.3) is 0 Å². The summed E-state index contributed by atoms with van der Waals surface area (Å²) in [6, 6.07) is 0. The van der Waals surface area contributed by atoms with Gasteiger partial charge in [0, 0.05) is 19.6 Å². The molecular formula is C11H21NO3. The highest BCUT2D eigenvalue weighted by molar-refractivity contribution is 5.73. The van der Waals surface area contributed by atoms with Gasteiger partial charge in [0.25, 0.3) is 0 Å². The molecule has 3 unspecified atom stereocenters. The Morgan fingerprint density at radius 2 is 2.27 bits per heavy atom. The molecule has 0 spiro atoms. The highest BCUT2D eigenvalue weighted by atomic mass is 16.5. The van der Waals surface area contributed by atoms with Crippen LogP contribution in [0.1, 0.15) is 20.3 Å². The lowest BCUT2D eigenvalue weighted by atomic mass is 9.99. The van der Waals surface area contributed by atoms with Crippen molar-refractivity contribution < 1.29 is 14.6 Å². The standard InChI is InChI=1S/C11H21NO3/c1-4-9(13)6-12-5-8(2)10(7-12)11(14)15-3/h8-10,13H,4-7H2,1-3H3. The maximum atomic E-state index is 11.4. The Morgan fingerprint density at radius 3 is 2.80 bits per heavy atom. The van der Waals surface area contributed by atoms with E-state index >= 15 is 0 Å². The lowest BCUT2D eigenvalue weighted by Crippen LogP contribution is -2.31. The zero-order chi connectivity index (χ0) is 11.4. The Hall–Kier alpha value is -0.610. The largest absolute Gasteiger partial charge is 0.469 e. The van der Waals surface area contributed by atoms with Crippen molar-refractivity contribution in [3.63, 3.8) is 0 Å². The normalized spacial score (nSPS) is 29.1. The average Bonchev–Trinajstić information content (AvgIpc) is 2.58. The molecule has 0 aromatic heterocycles. The predicted octanol–water partition coefficient (Wildman–Crippen LogP) is 0.498. The van der Waals surface area contributed by atoms with E-state index in [-0.39, 0.29) is 18.0 Å². The smallest absolute Gasteiger partial charge is 0.310 e. The van der Waals surface area contributed by atoms with Crippen molar-refractivity contribution in [2.75, 3.05) is 26.7 Å². The third kappa shape index (κ3) is 3.18. The van der Waals surface area contributed by atoms with Crippen LogP contribution in [0.3, 0.4) is 0 Å². The van der Waals surface area contributed by atoms with Crippen molar-refractivity contribution in [1.29, 1.82) is 0 Å². The molecule has 88 valence electrons. The molecule has 4 heteroatoms. The maximum Gasteiger partial charge on any atom is 0.310 e. The first-order chi connectivity index (χ1) is 7.08. The topological polar surface area (TPSA) is 49.8 Å². The molecule has 0 saturated carbocycles. The van der Waals surface area contributed by atoms with Gasteiger partial charge < -0.3 is 9.84 Å². The molecule has 1 heterocycles. The van der Waals surface area contributed by atoms with Crippen LogP contribution in [-0.2, 0) is 9.53 Å². The molecule has 1 aliphatic rings. The fraction of sp³-hybridized carbons (Fsp3) is 0.909. The molecule has 15 heavy (non-hydrogen) atoms. The highest BCUT2D eigenvalue weighted by Crippen LogP contribution is 2.24. The number of likely N-dealkylation sites (tertiary alicyclic amines) is 1. The zero-order valence-electron chi connectivity index (χ0n) is 9.77. The van der Waals surface area contributed by atoms with Crippen LogP contribution in [0.15, 0.2) is 0 Å². The summed E-state index contributed by atoms with van der Waals surface area (Å²) >= 11 is 0. The molecule has 1 saturated heterocycles. The van der Waals surface area contributed by atoms with Crippen molar-refractivity contribution in [1.82, 2.24) is 4.90 Å². The number of carbonyl (C=O) groups excluding carboxylic acids is 1. The molecule has 1 N–H and O–H groups in total. The molecule has 0 amide bonds. The molecule has 0 aromatic rings. The van der Waals surface area contributed by atoms with Gasteiger partial charge in [-0.1, -0.05) is 13.8 Å². The molecule has 4 nitrogen and oxygen atoms in total. The van der Waals surface area contributed by atoms with Gasteiger partial charge >= 0.3 is 5.97 Å². The predicted molar refractivity (Wildman–Crippen MR) is 57.4 cm³/mol. The zero-order valence-corrected chi connectivity index (χ0v) is 9.77. The Kier molecular flexibility index (Phi) is 4.54. The van der Waals surface area contributed by atoms with Crippen molar-refractivity contribution in [3.05, 3.63) is 0 Å². The summed E-state index contributed by atoms with van der Waals surface area (Å²) in [5.41, 5.74) is 0. The average molecular weight is 215 g/mol. The van der Waals surface area contributed by atoms with Crippen molar-refractivity contribution >= 4 is 5.97 Å². The summed E-state index contributed by atoms with van der Waals surface area (Å²) in [6.07, 6.45) is 0.474. The van der Waals surface area contributed by atoms with Crippen molar-refractivity contribution in [2.24, 2.45) is 11.8 Å². The van der Waals surface area contributed by atoms with Crippen LogP contribution in [0, 0.1) is 11.8 Å². The summed E-state index contributed by atoms with van der Waals surface area (Å²) in [7, 11) is 1.43. The minimum absolute atomic E-state index is 0.0287. The lowest BCUT2D eigenvalue weighted by Gasteiger charge is -2.18. The highest BCUT2D eigenvalue weighted by Gasteiger charge is 2.35. The van der Waals surface area contributed by atoms with E-state index in [4.69, 9.17) is 4.74 Å². The quantitative estimate of drug-likeness (QED) is 0.694. The first-order valence-electron chi connectivity index (χ1n) is 5.56. The minimum atomic E-state index is -0.284. The van der Waals surface area contributed by atoms with E-state index in [0.29, 0.717) is 19.0 Å². The van der Waals surface area contributed by atoms with Crippen LogP contribution in [0.4, 0.5) is 0 Å². The molecular weight excluding hydrogens is 194 g/mol. The van der Waals surface area contributed by atoms with E-state index in [9.17, 15) is 9.90 Å². The van der Waals surface area contributed by atoms with Crippen molar-refractivity contribution in [3.8, 4) is 0 Å². The number of aliphatic hydroxyl groups excluding tert-OH is 1. The van der Waals surface area contributed by atoms with Gasteiger partial charge in [0.2, 0.25) is 0 Å². The Balaban J connectivity index is 2.45. The van der Waals surface area contributed by atoms with E-state index < -0.39 is 0 Å². The summed E-state index contributed by atoms with van der Waals surface area (Å²) in [4.78, 5) is 13.6. The number of aliphatic hydroxyl groups is 1. The van der Waals surface area contributed by atoms with Gasteiger partial charge in [-0.05, 0) is 12.3 Å². The van der Waals surface area contributed by atoms with Crippen LogP contribution >= 0.6 is 0 Å². The summed E-state index contributed by atoms with van der Waals surface area (Å²) in [5.74, 6) is 0.163. The fourth-order valence-corrected chi connectivity index (χ4v) is 2.10. The number of esters is 1. The molecule has 0 aromatic carbocycles. The van der Waals surface area contributed by atoms with Gasteiger partial charge in [0.1, 0.15) is 0 Å². The monoisotopic (exact) mass is 215 g/mol. The molecule has 0 aliphatic carbocycles. The second-order valence-corrected chi connectivity index (χ2v) is 4.39.